The Balaban J connectivity index is 1.63. The van der Waals surface area contributed by atoms with Gasteiger partial charge in [0.05, 0.1) is 29.2 Å². The first-order chi connectivity index (χ1) is 20.6. The number of thioether (sulfide) groups is 1. The third-order valence-electron chi connectivity index (χ3n) is 10.3. The maximum atomic E-state index is 15.0. The summed E-state index contributed by atoms with van der Waals surface area (Å²) in [6, 6.07) is 8.60. The molecule has 1 aromatic rings. The first-order valence-corrected chi connectivity index (χ1v) is 17.0. The second-order valence-corrected chi connectivity index (χ2v) is 17.2. The van der Waals surface area contributed by atoms with E-state index in [1.54, 1.807) is 16.7 Å². The van der Waals surface area contributed by atoms with Crippen molar-refractivity contribution in [3.05, 3.63) is 60.2 Å². The summed E-state index contributed by atoms with van der Waals surface area (Å²) in [7, 11) is 0. The quantitative estimate of drug-likeness (QED) is 0.399. The Morgan fingerprint density at radius 1 is 0.955 bits per heavy atom. The van der Waals surface area contributed by atoms with Gasteiger partial charge in [0.1, 0.15) is 6.04 Å². The number of benzene rings is 1. The molecule has 2 saturated heterocycles. The summed E-state index contributed by atoms with van der Waals surface area (Å²) >= 11 is 1.61. The van der Waals surface area contributed by atoms with E-state index in [-0.39, 0.29) is 35.7 Å². The second kappa shape index (κ2) is 11.7. The van der Waals surface area contributed by atoms with E-state index in [0.29, 0.717) is 19.6 Å². The van der Waals surface area contributed by atoms with Gasteiger partial charge in [-0.05, 0) is 44.1 Å². The van der Waals surface area contributed by atoms with E-state index in [4.69, 9.17) is 0 Å². The van der Waals surface area contributed by atoms with Crippen molar-refractivity contribution in [1.82, 2.24) is 14.7 Å². The number of nitrogens with zero attached hydrogens (tertiary/aromatic N) is 3. The molecule has 7 atom stereocenters. The second-order valence-electron chi connectivity index (χ2n) is 15.4. The molecular weight excluding hydrogens is 570 g/mol. The summed E-state index contributed by atoms with van der Waals surface area (Å²) in [6.45, 7) is 18.0. The van der Waals surface area contributed by atoms with E-state index in [1.165, 1.54) is 0 Å². The predicted molar refractivity (Wildman–Crippen MR) is 177 cm³/mol. The number of aliphatic hydroxyl groups excluding tert-OH is 1. The SMILES string of the molecule is CC[C@H](C)[C@H](CO)N1C(=O)[C@@H]2[C@@H]3C(=O)N(Cc4ccccc4)CC=C[C@]3(C)S[C@@]23C=CCN(C(C)(C)CC(C)(C)C)C(=O)C13. The molecule has 4 aliphatic rings. The number of hydrogen-bond donors (Lipinski definition) is 1. The summed E-state index contributed by atoms with van der Waals surface area (Å²) < 4.78 is -1.60. The van der Waals surface area contributed by atoms with Gasteiger partial charge in [0.15, 0.2) is 0 Å². The van der Waals surface area contributed by atoms with Crippen LogP contribution in [0, 0.1) is 23.2 Å². The summed E-state index contributed by atoms with van der Waals surface area (Å²) in [4.78, 5) is 50.1. The zero-order valence-electron chi connectivity index (χ0n) is 27.7. The lowest BCUT2D eigenvalue weighted by molar-refractivity contribution is -0.150. The first kappa shape index (κ1) is 32.8. The predicted octanol–water partition coefficient (Wildman–Crippen LogP) is 5.29. The van der Waals surface area contributed by atoms with E-state index in [9.17, 15) is 14.7 Å². The standard InChI is InChI=1S/C36H51N3O4S/c1-9-24(2)26(22-40)39-29-32(43)38(34(6,7)23-33(3,4)5)20-14-18-36(29)28(31(39)42)27-30(41)37(19-13-17-35(27,8)44-36)21-25-15-11-10-12-16-25/h10-18,24,26-29,40H,9,19-23H2,1-8H3/t24-,26-,27+,28-,29?,35-,36-/m0/s1. The number of aliphatic hydroxyl groups is 1. The fourth-order valence-corrected chi connectivity index (χ4v) is 10.7. The van der Waals surface area contributed by atoms with Crippen LogP contribution in [0.2, 0.25) is 0 Å². The number of amides is 3. The minimum atomic E-state index is -0.934. The van der Waals surface area contributed by atoms with Gasteiger partial charge in [0, 0.05) is 29.9 Å². The largest absolute Gasteiger partial charge is 0.394 e. The van der Waals surface area contributed by atoms with Gasteiger partial charge in [0.25, 0.3) is 0 Å². The Morgan fingerprint density at radius 3 is 2.23 bits per heavy atom. The maximum absolute atomic E-state index is 15.0. The summed E-state index contributed by atoms with van der Waals surface area (Å²) in [5.41, 5.74) is 0.550. The molecule has 3 amide bonds. The molecular formula is C36H51N3O4S. The van der Waals surface area contributed by atoms with Crippen molar-refractivity contribution in [3.8, 4) is 0 Å². The van der Waals surface area contributed by atoms with Crippen LogP contribution in [-0.4, -0.2) is 84.3 Å². The lowest BCUT2D eigenvalue weighted by atomic mass is 9.74. The molecule has 44 heavy (non-hydrogen) atoms. The van der Waals surface area contributed by atoms with Gasteiger partial charge in [-0.1, -0.05) is 95.7 Å². The zero-order valence-corrected chi connectivity index (χ0v) is 28.6. The van der Waals surface area contributed by atoms with E-state index >= 15 is 4.79 Å². The molecule has 1 unspecified atom stereocenters. The molecule has 1 aromatic carbocycles. The van der Waals surface area contributed by atoms with E-state index < -0.39 is 39.0 Å². The highest BCUT2D eigenvalue weighted by atomic mass is 32.2. The van der Waals surface area contributed by atoms with Crippen molar-refractivity contribution in [2.24, 2.45) is 23.2 Å². The lowest BCUT2D eigenvalue weighted by Gasteiger charge is -2.46. The fourth-order valence-electron chi connectivity index (χ4n) is 8.57. The maximum Gasteiger partial charge on any atom is 0.247 e. The van der Waals surface area contributed by atoms with Crippen molar-refractivity contribution in [2.45, 2.75) is 102 Å². The van der Waals surface area contributed by atoms with Crippen LogP contribution in [-0.2, 0) is 20.9 Å². The Labute approximate surface area is 268 Å². The van der Waals surface area contributed by atoms with Gasteiger partial charge >= 0.3 is 0 Å². The third kappa shape index (κ3) is 5.44. The van der Waals surface area contributed by atoms with Crippen LogP contribution in [0.3, 0.4) is 0 Å². The average molecular weight is 622 g/mol. The number of likely N-dealkylation sites (tertiary alicyclic amines) is 1. The number of carbonyl (C=O) groups is 3. The van der Waals surface area contributed by atoms with Crippen molar-refractivity contribution in [2.75, 3.05) is 19.7 Å². The van der Waals surface area contributed by atoms with Gasteiger partial charge < -0.3 is 19.8 Å². The molecule has 7 nitrogen and oxygen atoms in total. The Morgan fingerprint density at radius 2 is 1.61 bits per heavy atom. The van der Waals surface area contributed by atoms with Gasteiger partial charge in [-0.2, -0.15) is 0 Å². The van der Waals surface area contributed by atoms with Crippen LogP contribution in [0.4, 0.5) is 0 Å². The highest BCUT2D eigenvalue weighted by Gasteiger charge is 2.75. The Kier molecular flexibility index (Phi) is 8.69. The first-order valence-electron chi connectivity index (χ1n) is 16.2. The van der Waals surface area contributed by atoms with Crippen LogP contribution in [0.5, 0.6) is 0 Å². The minimum absolute atomic E-state index is 0.0161. The van der Waals surface area contributed by atoms with E-state index in [2.05, 4.69) is 65.8 Å². The molecule has 2 fully saturated rings. The zero-order chi connectivity index (χ0) is 32.2. The topological polar surface area (TPSA) is 81.2 Å². The number of fused-ring (bicyclic) bond motifs is 2. The van der Waals surface area contributed by atoms with Crippen molar-refractivity contribution in [1.29, 1.82) is 0 Å². The normalized spacial score (nSPS) is 31.9. The Hall–Kier alpha value is -2.58. The Bertz CT molecular complexity index is 1340. The van der Waals surface area contributed by atoms with Crippen LogP contribution in [0.25, 0.3) is 0 Å². The highest BCUT2D eigenvalue weighted by molar-refractivity contribution is 8.02. The number of carbonyl (C=O) groups excluding carboxylic acids is 3. The van der Waals surface area contributed by atoms with Gasteiger partial charge in [-0.15, -0.1) is 11.8 Å². The highest BCUT2D eigenvalue weighted by Crippen LogP contribution is 2.66. The fraction of sp³-hybridized carbons (Fsp3) is 0.639. The monoisotopic (exact) mass is 621 g/mol. The molecule has 4 heterocycles. The molecule has 0 aromatic heterocycles. The van der Waals surface area contributed by atoms with Gasteiger partial charge in [-0.3, -0.25) is 14.4 Å². The molecule has 1 spiro atoms. The lowest BCUT2D eigenvalue weighted by Crippen LogP contribution is -2.61. The van der Waals surface area contributed by atoms with E-state index in [1.807, 2.05) is 54.0 Å². The molecule has 0 bridgehead atoms. The molecule has 0 saturated carbocycles. The summed E-state index contributed by atoms with van der Waals surface area (Å²) in [5, 5.41) is 10.7. The van der Waals surface area contributed by atoms with E-state index in [0.717, 1.165) is 18.4 Å². The van der Waals surface area contributed by atoms with Crippen LogP contribution < -0.4 is 0 Å². The summed E-state index contributed by atoms with van der Waals surface area (Å²) in [6.07, 6.45) is 9.84. The van der Waals surface area contributed by atoms with Crippen molar-refractivity contribution in [3.63, 3.8) is 0 Å². The average Bonchev–Trinajstić information content (AvgIpc) is 3.21. The summed E-state index contributed by atoms with van der Waals surface area (Å²) in [5.74, 6) is -1.72. The minimum Gasteiger partial charge on any atom is -0.394 e. The molecule has 1 N–H and O–H groups in total. The van der Waals surface area contributed by atoms with Gasteiger partial charge in [-0.25, -0.2) is 0 Å². The number of hydrogen-bond acceptors (Lipinski definition) is 5. The van der Waals surface area contributed by atoms with Gasteiger partial charge in [0.2, 0.25) is 17.7 Å². The smallest absolute Gasteiger partial charge is 0.247 e. The molecule has 240 valence electrons. The molecule has 8 heteroatoms. The molecule has 0 radical (unpaired) electrons. The molecule has 0 aliphatic carbocycles. The molecule has 5 rings (SSSR count). The van der Waals surface area contributed by atoms with Crippen molar-refractivity contribution >= 4 is 29.5 Å². The van der Waals surface area contributed by atoms with Crippen LogP contribution in [0.15, 0.2) is 54.6 Å². The van der Waals surface area contributed by atoms with Crippen LogP contribution >= 0.6 is 11.8 Å². The molecule has 4 aliphatic heterocycles. The van der Waals surface area contributed by atoms with Crippen molar-refractivity contribution < 1.29 is 19.5 Å². The van der Waals surface area contributed by atoms with Crippen LogP contribution in [0.1, 0.15) is 73.8 Å². The third-order valence-corrected chi connectivity index (χ3v) is 12.1. The number of rotatable bonds is 8.